The molecule has 0 heterocycles. The largest absolute Gasteiger partial charge is 0.145 e. The molecule has 1 aromatic carbocycles. The van der Waals surface area contributed by atoms with E-state index < -0.39 is 0 Å². The standard InChI is InChI=1S/C11H11NO/c1-2-3-4-7-10-8-5-6-9-11(10)12-13/h1,5-6,8-9H,3-4,7H2. The molecule has 0 bridgehead atoms. The molecule has 0 unspecified atom stereocenters. The van der Waals surface area contributed by atoms with Gasteiger partial charge < -0.3 is 0 Å². The number of aryl methyl sites for hydroxylation is 1. The molecule has 0 spiro atoms. The van der Waals surface area contributed by atoms with Crippen LogP contribution >= 0.6 is 0 Å². The first-order valence-electron chi connectivity index (χ1n) is 4.23. The summed E-state index contributed by atoms with van der Waals surface area (Å²) in [7, 11) is 0. The summed E-state index contributed by atoms with van der Waals surface area (Å²) >= 11 is 0. The van der Waals surface area contributed by atoms with Crippen molar-refractivity contribution in [1.82, 2.24) is 0 Å². The van der Waals surface area contributed by atoms with E-state index in [2.05, 4.69) is 11.1 Å². The molecule has 66 valence electrons. The van der Waals surface area contributed by atoms with Crippen LogP contribution in [0.2, 0.25) is 0 Å². The van der Waals surface area contributed by atoms with Crippen molar-refractivity contribution in [1.29, 1.82) is 0 Å². The molecule has 0 amide bonds. The van der Waals surface area contributed by atoms with Gasteiger partial charge in [-0.25, -0.2) is 0 Å². The Labute approximate surface area is 78.0 Å². The van der Waals surface area contributed by atoms with Gasteiger partial charge >= 0.3 is 0 Å². The van der Waals surface area contributed by atoms with Crippen molar-refractivity contribution in [2.45, 2.75) is 19.3 Å². The van der Waals surface area contributed by atoms with Gasteiger partial charge in [0.05, 0.1) is 0 Å². The van der Waals surface area contributed by atoms with Gasteiger partial charge in [-0.2, -0.15) is 0 Å². The number of hydrogen-bond donors (Lipinski definition) is 0. The highest BCUT2D eigenvalue weighted by atomic mass is 16.3. The first-order chi connectivity index (χ1) is 6.38. The van der Waals surface area contributed by atoms with E-state index in [0.717, 1.165) is 24.8 Å². The molecule has 13 heavy (non-hydrogen) atoms. The Balaban J connectivity index is 2.65. The van der Waals surface area contributed by atoms with E-state index in [1.54, 1.807) is 12.1 Å². The number of nitrogens with zero attached hydrogens (tertiary/aromatic N) is 1. The zero-order valence-electron chi connectivity index (χ0n) is 7.36. The van der Waals surface area contributed by atoms with Gasteiger partial charge in [-0.1, -0.05) is 18.2 Å². The minimum atomic E-state index is 0.527. The number of rotatable bonds is 4. The second kappa shape index (κ2) is 5.10. The lowest BCUT2D eigenvalue weighted by Crippen LogP contribution is -1.84. The maximum absolute atomic E-state index is 10.4. The molecule has 0 aliphatic heterocycles. The van der Waals surface area contributed by atoms with E-state index in [4.69, 9.17) is 6.42 Å². The summed E-state index contributed by atoms with van der Waals surface area (Å²) in [5.74, 6) is 2.57. The van der Waals surface area contributed by atoms with Gasteiger partial charge in [0, 0.05) is 6.42 Å². The minimum Gasteiger partial charge on any atom is -0.145 e. The molecule has 1 rings (SSSR count). The van der Waals surface area contributed by atoms with E-state index in [1.165, 1.54) is 0 Å². The van der Waals surface area contributed by atoms with E-state index in [-0.39, 0.29) is 0 Å². The van der Waals surface area contributed by atoms with Gasteiger partial charge in [-0.05, 0) is 29.6 Å². The van der Waals surface area contributed by atoms with Gasteiger partial charge in [-0.15, -0.1) is 17.3 Å². The fourth-order valence-electron chi connectivity index (χ4n) is 1.19. The van der Waals surface area contributed by atoms with Crippen LogP contribution in [0.3, 0.4) is 0 Å². The van der Waals surface area contributed by atoms with E-state index in [0.29, 0.717) is 5.69 Å². The summed E-state index contributed by atoms with van der Waals surface area (Å²) in [6.07, 6.45) is 7.60. The molecule has 0 fully saturated rings. The van der Waals surface area contributed by atoms with Crippen molar-refractivity contribution in [2.24, 2.45) is 5.18 Å². The molecule has 0 saturated heterocycles. The Morgan fingerprint density at radius 1 is 1.38 bits per heavy atom. The van der Waals surface area contributed by atoms with E-state index in [9.17, 15) is 4.91 Å². The van der Waals surface area contributed by atoms with Crippen LogP contribution in [-0.2, 0) is 6.42 Å². The van der Waals surface area contributed by atoms with Crippen LogP contribution in [0.5, 0.6) is 0 Å². The number of nitroso groups, excluding NO2 is 1. The molecule has 1 aromatic rings. The predicted octanol–water partition coefficient (Wildman–Crippen LogP) is 3.04. The highest BCUT2D eigenvalue weighted by Crippen LogP contribution is 2.19. The second-order valence-corrected chi connectivity index (χ2v) is 2.78. The van der Waals surface area contributed by atoms with E-state index >= 15 is 0 Å². The summed E-state index contributed by atoms with van der Waals surface area (Å²) in [5, 5.41) is 2.95. The van der Waals surface area contributed by atoms with E-state index in [1.807, 2.05) is 12.1 Å². The van der Waals surface area contributed by atoms with Gasteiger partial charge in [-0.3, -0.25) is 0 Å². The normalized spacial score (nSPS) is 9.15. The van der Waals surface area contributed by atoms with Crippen molar-refractivity contribution in [3.63, 3.8) is 0 Å². The average molecular weight is 173 g/mol. The Morgan fingerprint density at radius 3 is 2.85 bits per heavy atom. The first kappa shape index (κ1) is 9.47. The summed E-state index contributed by atoms with van der Waals surface area (Å²) in [4.78, 5) is 10.4. The molecule has 0 aromatic heterocycles. The van der Waals surface area contributed by atoms with Crippen LogP contribution in [-0.4, -0.2) is 0 Å². The fraction of sp³-hybridized carbons (Fsp3) is 0.273. The van der Waals surface area contributed by atoms with Crippen molar-refractivity contribution >= 4 is 5.69 Å². The second-order valence-electron chi connectivity index (χ2n) is 2.78. The van der Waals surface area contributed by atoms with Crippen LogP contribution in [0.25, 0.3) is 0 Å². The Hall–Kier alpha value is -1.62. The Bertz CT molecular complexity index is 325. The van der Waals surface area contributed by atoms with Crippen LogP contribution in [0.1, 0.15) is 18.4 Å². The SMILES string of the molecule is C#CCCCc1ccccc1N=O. The highest BCUT2D eigenvalue weighted by molar-refractivity contribution is 5.45. The third kappa shape index (κ3) is 2.72. The summed E-state index contributed by atoms with van der Waals surface area (Å²) < 4.78 is 0. The Morgan fingerprint density at radius 2 is 2.15 bits per heavy atom. The predicted molar refractivity (Wildman–Crippen MR) is 53.7 cm³/mol. The van der Waals surface area contributed by atoms with Crippen LogP contribution < -0.4 is 0 Å². The van der Waals surface area contributed by atoms with Crippen LogP contribution in [0, 0.1) is 17.3 Å². The first-order valence-corrected chi connectivity index (χ1v) is 4.23. The monoisotopic (exact) mass is 173 g/mol. The molecule has 0 aliphatic rings. The third-order valence-electron chi connectivity index (χ3n) is 1.86. The lowest BCUT2D eigenvalue weighted by atomic mass is 10.1. The molecular formula is C11H11NO. The molecule has 0 atom stereocenters. The quantitative estimate of drug-likeness (QED) is 0.391. The zero-order chi connectivity index (χ0) is 9.52. The number of hydrogen-bond acceptors (Lipinski definition) is 2. The number of unbranched alkanes of at least 4 members (excludes halogenated alkanes) is 1. The molecule has 0 N–H and O–H groups in total. The molecular weight excluding hydrogens is 162 g/mol. The third-order valence-corrected chi connectivity index (χ3v) is 1.86. The lowest BCUT2D eigenvalue weighted by Gasteiger charge is -2.00. The highest BCUT2D eigenvalue weighted by Gasteiger charge is 1.99. The average Bonchev–Trinajstić information content (AvgIpc) is 2.19. The molecule has 0 saturated carbocycles. The topological polar surface area (TPSA) is 29.4 Å². The van der Waals surface area contributed by atoms with Crippen molar-refractivity contribution in [3.8, 4) is 12.3 Å². The zero-order valence-corrected chi connectivity index (χ0v) is 7.36. The minimum absolute atomic E-state index is 0.527. The van der Waals surface area contributed by atoms with Crippen molar-refractivity contribution in [2.75, 3.05) is 0 Å². The van der Waals surface area contributed by atoms with Crippen molar-refractivity contribution in [3.05, 3.63) is 34.7 Å². The van der Waals surface area contributed by atoms with Gasteiger partial charge in [0.2, 0.25) is 0 Å². The Kier molecular flexibility index (Phi) is 3.72. The lowest BCUT2D eigenvalue weighted by molar-refractivity contribution is 0.858. The number of benzene rings is 1. The molecule has 0 radical (unpaired) electrons. The number of terminal acetylenes is 1. The van der Waals surface area contributed by atoms with Gasteiger partial charge in [0.15, 0.2) is 0 Å². The smallest absolute Gasteiger partial charge is 0.111 e. The van der Waals surface area contributed by atoms with Crippen molar-refractivity contribution < 1.29 is 0 Å². The maximum Gasteiger partial charge on any atom is 0.111 e. The molecule has 2 heteroatoms. The maximum atomic E-state index is 10.4. The summed E-state index contributed by atoms with van der Waals surface area (Å²) in [6.45, 7) is 0. The van der Waals surface area contributed by atoms with Crippen LogP contribution in [0.4, 0.5) is 5.69 Å². The molecule has 2 nitrogen and oxygen atoms in total. The summed E-state index contributed by atoms with van der Waals surface area (Å²) in [6, 6.07) is 7.34. The van der Waals surface area contributed by atoms with Crippen LogP contribution in [0.15, 0.2) is 29.4 Å². The van der Waals surface area contributed by atoms with Gasteiger partial charge in [0.1, 0.15) is 5.69 Å². The molecule has 0 aliphatic carbocycles. The summed E-state index contributed by atoms with van der Waals surface area (Å²) in [5.41, 5.74) is 1.51. The van der Waals surface area contributed by atoms with Gasteiger partial charge in [0.25, 0.3) is 0 Å². The fourth-order valence-corrected chi connectivity index (χ4v) is 1.19.